The molecule has 0 saturated heterocycles. The molecule has 0 fully saturated rings. The van der Waals surface area contributed by atoms with Crippen LogP contribution in [0.3, 0.4) is 0 Å². The summed E-state index contributed by atoms with van der Waals surface area (Å²) in [5, 5.41) is 0. The quantitative estimate of drug-likeness (QED) is 0.720. The topological polar surface area (TPSA) is 20.3 Å². The molecule has 1 aromatic carbocycles. The number of ketones is 1. The van der Waals surface area contributed by atoms with E-state index in [1.165, 1.54) is 13.0 Å². The first-order valence-corrected chi connectivity index (χ1v) is 6.87. The van der Waals surface area contributed by atoms with Crippen molar-refractivity contribution >= 4 is 11.5 Å². The van der Waals surface area contributed by atoms with E-state index in [-0.39, 0.29) is 11.3 Å². The summed E-state index contributed by atoms with van der Waals surface area (Å²) in [6, 6.07) is 4.86. The van der Waals surface area contributed by atoms with E-state index in [9.17, 15) is 9.18 Å². The molecule has 0 aliphatic rings. The molecule has 0 heterocycles. The highest BCUT2D eigenvalue weighted by Gasteiger charge is 2.19. The summed E-state index contributed by atoms with van der Waals surface area (Å²) in [7, 11) is 0. The highest BCUT2D eigenvalue weighted by atomic mass is 19.1. The Morgan fingerprint density at radius 2 is 1.68 bits per heavy atom. The van der Waals surface area contributed by atoms with Crippen LogP contribution in [0.2, 0.25) is 0 Å². The van der Waals surface area contributed by atoms with Gasteiger partial charge in [0.15, 0.2) is 5.78 Å². The molecule has 0 saturated carbocycles. The van der Waals surface area contributed by atoms with E-state index in [4.69, 9.17) is 0 Å². The summed E-state index contributed by atoms with van der Waals surface area (Å²) >= 11 is 0. The minimum absolute atomic E-state index is 0.212. The van der Waals surface area contributed by atoms with Gasteiger partial charge < -0.3 is 4.90 Å². The fraction of sp³-hybridized carbons (Fsp3) is 0.562. The van der Waals surface area contributed by atoms with E-state index >= 15 is 0 Å². The van der Waals surface area contributed by atoms with Crippen LogP contribution in [0.4, 0.5) is 10.1 Å². The lowest BCUT2D eigenvalue weighted by Crippen LogP contribution is -2.32. The molecule has 0 amide bonds. The Morgan fingerprint density at radius 1 is 1.16 bits per heavy atom. The number of hydrogen-bond acceptors (Lipinski definition) is 2. The molecule has 2 nitrogen and oxygen atoms in total. The molecule has 0 N–H and O–H groups in total. The van der Waals surface area contributed by atoms with Crippen LogP contribution in [-0.4, -0.2) is 18.9 Å². The van der Waals surface area contributed by atoms with Gasteiger partial charge in [0.2, 0.25) is 0 Å². The molecular formula is C16H24FNO. The maximum Gasteiger partial charge on any atom is 0.164 e. The second-order valence-corrected chi connectivity index (χ2v) is 5.88. The van der Waals surface area contributed by atoms with Gasteiger partial charge in [-0.15, -0.1) is 0 Å². The molecule has 0 aromatic heterocycles. The van der Waals surface area contributed by atoms with Crippen LogP contribution in [0.5, 0.6) is 0 Å². The molecule has 3 heteroatoms. The maximum absolute atomic E-state index is 13.9. The van der Waals surface area contributed by atoms with E-state index in [1.807, 2.05) is 6.07 Å². The minimum atomic E-state index is -0.428. The predicted octanol–water partition coefficient (Wildman–Crippen LogP) is 4.15. The van der Waals surface area contributed by atoms with Gasteiger partial charge in [0.1, 0.15) is 5.82 Å². The third-order valence-corrected chi connectivity index (χ3v) is 2.86. The van der Waals surface area contributed by atoms with Gasteiger partial charge in [0.05, 0.1) is 11.3 Å². The van der Waals surface area contributed by atoms with Gasteiger partial charge in [-0.2, -0.15) is 0 Å². The van der Waals surface area contributed by atoms with Crippen molar-refractivity contribution < 1.29 is 9.18 Å². The Bertz CT molecular complexity index is 430. The van der Waals surface area contributed by atoms with Crippen molar-refractivity contribution in [2.45, 2.75) is 34.6 Å². The second-order valence-electron chi connectivity index (χ2n) is 5.88. The lowest BCUT2D eigenvalue weighted by atomic mass is 10.0. The molecule has 0 spiro atoms. The molecule has 0 aliphatic heterocycles. The highest BCUT2D eigenvalue weighted by molar-refractivity contribution is 6.00. The van der Waals surface area contributed by atoms with Gasteiger partial charge in [-0.05, 0) is 30.9 Å². The van der Waals surface area contributed by atoms with Crippen molar-refractivity contribution in [1.29, 1.82) is 0 Å². The number of halogens is 1. The Balaban J connectivity index is 3.21. The summed E-state index contributed by atoms with van der Waals surface area (Å²) < 4.78 is 13.9. The lowest BCUT2D eigenvalue weighted by Gasteiger charge is -2.30. The summed E-state index contributed by atoms with van der Waals surface area (Å²) in [6.45, 7) is 11.6. The number of nitrogens with zero attached hydrogens (tertiary/aromatic N) is 1. The molecule has 0 unspecified atom stereocenters. The summed E-state index contributed by atoms with van der Waals surface area (Å²) in [5.74, 6) is 0.275. The van der Waals surface area contributed by atoms with Crippen LogP contribution in [-0.2, 0) is 0 Å². The summed E-state index contributed by atoms with van der Waals surface area (Å²) in [6.07, 6.45) is 0. The summed E-state index contributed by atoms with van der Waals surface area (Å²) in [5.41, 5.74) is 0.929. The monoisotopic (exact) mass is 265 g/mol. The molecule has 106 valence electrons. The fourth-order valence-electron chi connectivity index (χ4n) is 2.28. The Morgan fingerprint density at radius 3 is 2.11 bits per heavy atom. The average Bonchev–Trinajstić information content (AvgIpc) is 2.25. The number of benzene rings is 1. The fourth-order valence-corrected chi connectivity index (χ4v) is 2.28. The van der Waals surface area contributed by atoms with Crippen molar-refractivity contribution in [3.8, 4) is 0 Å². The number of rotatable bonds is 6. The number of anilines is 1. The third kappa shape index (κ3) is 4.34. The third-order valence-electron chi connectivity index (χ3n) is 2.86. The zero-order valence-electron chi connectivity index (χ0n) is 12.5. The van der Waals surface area contributed by atoms with Gasteiger partial charge in [-0.1, -0.05) is 33.8 Å². The van der Waals surface area contributed by atoms with Crippen molar-refractivity contribution in [3.05, 3.63) is 29.6 Å². The van der Waals surface area contributed by atoms with Crippen molar-refractivity contribution in [1.82, 2.24) is 0 Å². The number of hydrogen-bond donors (Lipinski definition) is 0. The first kappa shape index (κ1) is 15.7. The molecular weight excluding hydrogens is 241 g/mol. The Labute approximate surface area is 115 Å². The van der Waals surface area contributed by atoms with Gasteiger partial charge in [0, 0.05) is 13.1 Å². The van der Waals surface area contributed by atoms with Crippen LogP contribution < -0.4 is 4.90 Å². The van der Waals surface area contributed by atoms with Crippen LogP contribution in [0, 0.1) is 17.7 Å². The standard InChI is InChI=1S/C16H24FNO/c1-11(2)9-18(10-12(3)4)15-8-6-7-14(17)16(15)13(5)19/h6-8,11-12H,9-10H2,1-5H3. The van der Waals surface area contributed by atoms with Crippen LogP contribution in [0.1, 0.15) is 45.0 Å². The maximum atomic E-state index is 13.9. The summed E-state index contributed by atoms with van der Waals surface area (Å²) in [4.78, 5) is 13.8. The zero-order chi connectivity index (χ0) is 14.6. The van der Waals surface area contributed by atoms with E-state index in [0.717, 1.165) is 18.8 Å². The number of Topliss-reactive ketones (excluding diaryl/α,β-unsaturated/α-hetero) is 1. The molecule has 0 atom stereocenters. The minimum Gasteiger partial charge on any atom is -0.370 e. The van der Waals surface area contributed by atoms with Gasteiger partial charge in [-0.3, -0.25) is 4.79 Å². The van der Waals surface area contributed by atoms with Gasteiger partial charge >= 0.3 is 0 Å². The van der Waals surface area contributed by atoms with Crippen LogP contribution in [0.25, 0.3) is 0 Å². The number of carbonyl (C=O) groups excluding carboxylic acids is 1. The van der Waals surface area contributed by atoms with E-state index in [2.05, 4.69) is 32.6 Å². The first-order valence-electron chi connectivity index (χ1n) is 6.87. The van der Waals surface area contributed by atoms with Crippen LogP contribution in [0.15, 0.2) is 18.2 Å². The predicted molar refractivity (Wildman–Crippen MR) is 78.3 cm³/mol. The van der Waals surface area contributed by atoms with Gasteiger partial charge in [-0.25, -0.2) is 4.39 Å². The Kier molecular flexibility index (Phi) is 5.52. The zero-order valence-corrected chi connectivity index (χ0v) is 12.5. The molecule has 19 heavy (non-hydrogen) atoms. The Hall–Kier alpha value is -1.38. The van der Waals surface area contributed by atoms with Crippen molar-refractivity contribution in [3.63, 3.8) is 0 Å². The molecule has 1 rings (SSSR count). The van der Waals surface area contributed by atoms with Crippen molar-refractivity contribution in [2.75, 3.05) is 18.0 Å². The van der Waals surface area contributed by atoms with Crippen molar-refractivity contribution in [2.24, 2.45) is 11.8 Å². The molecule has 0 radical (unpaired) electrons. The largest absolute Gasteiger partial charge is 0.370 e. The first-order chi connectivity index (χ1) is 8.82. The van der Waals surface area contributed by atoms with Crippen LogP contribution >= 0.6 is 0 Å². The van der Waals surface area contributed by atoms with E-state index in [1.54, 1.807) is 6.07 Å². The second kappa shape index (κ2) is 6.69. The normalized spacial score (nSPS) is 11.2. The molecule has 1 aromatic rings. The lowest BCUT2D eigenvalue weighted by molar-refractivity contribution is 0.101. The smallest absolute Gasteiger partial charge is 0.164 e. The molecule has 0 bridgehead atoms. The van der Waals surface area contributed by atoms with E-state index in [0.29, 0.717) is 11.8 Å². The van der Waals surface area contributed by atoms with E-state index < -0.39 is 5.82 Å². The van der Waals surface area contributed by atoms with Gasteiger partial charge in [0.25, 0.3) is 0 Å². The highest BCUT2D eigenvalue weighted by Crippen LogP contribution is 2.25. The average molecular weight is 265 g/mol. The number of carbonyl (C=O) groups is 1. The SMILES string of the molecule is CC(=O)c1c(F)cccc1N(CC(C)C)CC(C)C. The molecule has 0 aliphatic carbocycles.